The van der Waals surface area contributed by atoms with Gasteiger partial charge >= 0.3 is 0 Å². The molecule has 0 radical (unpaired) electrons. The van der Waals surface area contributed by atoms with Crippen LogP contribution in [-0.2, 0) is 6.42 Å². The first-order chi connectivity index (χ1) is 11.7. The molecule has 0 amide bonds. The zero-order valence-electron chi connectivity index (χ0n) is 13.4. The minimum absolute atomic E-state index is 0.638. The van der Waals surface area contributed by atoms with Crippen molar-refractivity contribution in [2.24, 2.45) is 0 Å². The van der Waals surface area contributed by atoms with Crippen LogP contribution in [0.3, 0.4) is 0 Å². The highest BCUT2D eigenvalue weighted by Crippen LogP contribution is 2.37. The molecule has 3 aromatic heterocycles. The maximum atomic E-state index is 11.9. The van der Waals surface area contributed by atoms with Gasteiger partial charge in [-0.25, -0.2) is 4.98 Å². The van der Waals surface area contributed by atoms with Crippen molar-refractivity contribution in [1.29, 1.82) is 0 Å². The van der Waals surface area contributed by atoms with Crippen LogP contribution in [-0.4, -0.2) is 15.7 Å². The number of aldehydes is 1. The smallest absolute Gasteiger partial charge is 0.195 e. The molecular formula is C19H16N2OS2. The summed E-state index contributed by atoms with van der Waals surface area (Å²) in [4.78, 5) is 19.8. The summed E-state index contributed by atoms with van der Waals surface area (Å²) in [7, 11) is 0. The third-order valence-electron chi connectivity index (χ3n) is 4.10. The van der Waals surface area contributed by atoms with Gasteiger partial charge in [-0.05, 0) is 30.4 Å². The van der Waals surface area contributed by atoms with Gasteiger partial charge in [0.1, 0.15) is 11.4 Å². The largest absolute Gasteiger partial charge is 0.296 e. The van der Waals surface area contributed by atoms with Gasteiger partial charge in [0.15, 0.2) is 11.2 Å². The topological polar surface area (TPSA) is 34.4 Å². The highest BCUT2D eigenvalue weighted by Gasteiger charge is 2.22. The number of hydrogen-bond acceptors (Lipinski definition) is 4. The van der Waals surface area contributed by atoms with Crippen LogP contribution in [0.15, 0.2) is 41.8 Å². The number of imidazole rings is 1. The third-order valence-corrected chi connectivity index (χ3v) is 6.16. The van der Waals surface area contributed by atoms with Gasteiger partial charge in [-0.2, -0.15) is 0 Å². The molecule has 3 nitrogen and oxygen atoms in total. The number of carbonyl (C=O) groups is 1. The summed E-state index contributed by atoms with van der Waals surface area (Å²) >= 11 is 3.28. The van der Waals surface area contributed by atoms with Gasteiger partial charge in [0.25, 0.3) is 0 Å². The van der Waals surface area contributed by atoms with Gasteiger partial charge < -0.3 is 0 Å². The van der Waals surface area contributed by atoms with E-state index < -0.39 is 0 Å². The lowest BCUT2D eigenvalue weighted by atomic mass is 10.1. The summed E-state index contributed by atoms with van der Waals surface area (Å²) in [5.41, 5.74) is 4.86. The molecule has 3 heterocycles. The average Bonchev–Trinajstić information content (AvgIpc) is 3.29. The standard InChI is InChI=1S/C19H16N2OS2/c1-3-15-18(13-8-6-12(2)7-9-13)21-14(11-22)17(20-19(21)24-15)16-5-4-10-23-16/h4-11H,3H2,1-2H3. The Morgan fingerprint density at radius 2 is 2.00 bits per heavy atom. The zero-order chi connectivity index (χ0) is 16.7. The second-order valence-electron chi connectivity index (χ2n) is 5.65. The lowest BCUT2D eigenvalue weighted by Gasteiger charge is -2.06. The Kier molecular flexibility index (Phi) is 3.82. The van der Waals surface area contributed by atoms with Crippen molar-refractivity contribution in [3.05, 3.63) is 57.9 Å². The van der Waals surface area contributed by atoms with Crippen LogP contribution in [0.4, 0.5) is 0 Å². The lowest BCUT2D eigenvalue weighted by molar-refractivity contribution is 0.111. The van der Waals surface area contributed by atoms with E-state index in [1.165, 1.54) is 10.4 Å². The number of rotatable bonds is 4. The molecule has 5 heteroatoms. The van der Waals surface area contributed by atoms with Crippen molar-refractivity contribution in [3.8, 4) is 21.8 Å². The predicted molar refractivity (Wildman–Crippen MR) is 101 cm³/mol. The molecule has 0 atom stereocenters. The summed E-state index contributed by atoms with van der Waals surface area (Å²) in [6, 6.07) is 12.5. The fraction of sp³-hybridized carbons (Fsp3) is 0.158. The lowest BCUT2D eigenvalue weighted by Crippen LogP contribution is -1.96. The van der Waals surface area contributed by atoms with Gasteiger partial charge in [-0.3, -0.25) is 9.20 Å². The van der Waals surface area contributed by atoms with Crippen molar-refractivity contribution in [2.45, 2.75) is 20.3 Å². The Bertz CT molecular complexity index is 1010. The molecule has 0 N–H and O–H groups in total. The maximum Gasteiger partial charge on any atom is 0.195 e. The summed E-state index contributed by atoms with van der Waals surface area (Å²) in [5.74, 6) is 0. The van der Waals surface area contributed by atoms with Crippen LogP contribution in [0.25, 0.3) is 26.8 Å². The Hall–Kier alpha value is -2.24. The minimum atomic E-state index is 0.638. The molecule has 0 aliphatic rings. The first kappa shape index (κ1) is 15.3. The van der Waals surface area contributed by atoms with Crippen LogP contribution < -0.4 is 0 Å². The van der Waals surface area contributed by atoms with E-state index in [-0.39, 0.29) is 0 Å². The summed E-state index contributed by atoms with van der Waals surface area (Å²) in [6.45, 7) is 4.22. The van der Waals surface area contributed by atoms with E-state index in [0.29, 0.717) is 5.69 Å². The molecule has 0 fully saturated rings. The highest BCUT2D eigenvalue weighted by atomic mass is 32.1. The van der Waals surface area contributed by atoms with Gasteiger partial charge in [-0.15, -0.1) is 22.7 Å². The molecule has 4 rings (SSSR count). The van der Waals surface area contributed by atoms with Crippen molar-refractivity contribution in [3.63, 3.8) is 0 Å². The van der Waals surface area contributed by atoms with E-state index in [1.54, 1.807) is 22.7 Å². The molecule has 0 spiro atoms. The molecule has 1 aromatic carbocycles. The minimum Gasteiger partial charge on any atom is -0.296 e. The second-order valence-corrected chi connectivity index (χ2v) is 7.66. The first-order valence-corrected chi connectivity index (χ1v) is 9.52. The number of benzene rings is 1. The van der Waals surface area contributed by atoms with E-state index >= 15 is 0 Å². The maximum absolute atomic E-state index is 11.9. The molecule has 0 unspecified atom stereocenters. The number of thiazole rings is 1. The SMILES string of the molecule is CCc1sc2nc(-c3cccs3)c(C=O)n2c1-c1ccc(C)cc1. The molecule has 120 valence electrons. The van der Waals surface area contributed by atoms with Crippen LogP contribution in [0.2, 0.25) is 0 Å². The summed E-state index contributed by atoms with van der Waals surface area (Å²) < 4.78 is 2.02. The quantitative estimate of drug-likeness (QED) is 0.456. The van der Waals surface area contributed by atoms with E-state index in [1.807, 2.05) is 21.9 Å². The van der Waals surface area contributed by atoms with Gasteiger partial charge in [-0.1, -0.05) is 42.8 Å². The Morgan fingerprint density at radius 3 is 2.62 bits per heavy atom. The predicted octanol–water partition coefficient (Wildman–Crippen LogP) is 5.47. The van der Waals surface area contributed by atoms with Crippen LogP contribution >= 0.6 is 22.7 Å². The van der Waals surface area contributed by atoms with Crippen molar-refractivity contribution in [2.75, 3.05) is 0 Å². The first-order valence-electron chi connectivity index (χ1n) is 7.83. The molecule has 0 aliphatic heterocycles. The number of carbonyl (C=O) groups excluding carboxylic acids is 1. The Balaban J connectivity index is 2.04. The molecule has 4 aromatic rings. The van der Waals surface area contributed by atoms with E-state index in [2.05, 4.69) is 38.1 Å². The van der Waals surface area contributed by atoms with Gasteiger partial charge in [0, 0.05) is 4.88 Å². The van der Waals surface area contributed by atoms with Crippen molar-refractivity contribution >= 4 is 33.9 Å². The number of hydrogen-bond donors (Lipinski definition) is 0. The second kappa shape index (κ2) is 6.00. The zero-order valence-corrected chi connectivity index (χ0v) is 15.1. The van der Waals surface area contributed by atoms with Crippen LogP contribution in [0.5, 0.6) is 0 Å². The Morgan fingerprint density at radius 1 is 1.21 bits per heavy atom. The van der Waals surface area contributed by atoms with Crippen LogP contribution in [0, 0.1) is 6.92 Å². The fourth-order valence-electron chi connectivity index (χ4n) is 2.92. The highest BCUT2D eigenvalue weighted by molar-refractivity contribution is 7.17. The number of fused-ring (bicyclic) bond motifs is 1. The van der Waals surface area contributed by atoms with Crippen molar-refractivity contribution in [1.82, 2.24) is 9.38 Å². The molecule has 0 saturated carbocycles. The average molecular weight is 352 g/mol. The van der Waals surface area contributed by atoms with Crippen LogP contribution in [0.1, 0.15) is 27.9 Å². The Labute approximate surface area is 148 Å². The van der Waals surface area contributed by atoms with Crippen molar-refractivity contribution < 1.29 is 4.79 Å². The van der Waals surface area contributed by atoms with Gasteiger partial charge in [0.05, 0.1) is 10.6 Å². The fourth-order valence-corrected chi connectivity index (χ4v) is 4.74. The molecule has 0 bridgehead atoms. The van der Waals surface area contributed by atoms with Gasteiger partial charge in [0.2, 0.25) is 0 Å². The number of thiophene rings is 1. The van der Waals surface area contributed by atoms with E-state index in [0.717, 1.165) is 39.5 Å². The summed E-state index contributed by atoms with van der Waals surface area (Å²) in [5, 5.41) is 2.01. The third kappa shape index (κ3) is 2.32. The number of aromatic nitrogens is 2. The number of aryl methyl sites for hydroxylation is 2. The number of nitrogens with zero attached hydrogens (tertiary/aromatic N) is 2. The van der Waals surface area contributed by atoms with E-state index in [4.69, 9.17) is 4.98 Å². The molecule has 0 saturated heterocycles. The molecule has 0 aliphatic carbocycles. The normalized spacial score (nSPS) is 11.2. The van der Waals surface area contributed by atoms with E-state index in [9.17, 15) is 4.79 Å². The molecular weight excluding hydrogens is 336 g/mol. The molecule has 24 heavy (non-hydrogen) atoms. The monoisotopic (exact) mass is 352 g/mol. The summed E-state index contributed by atoms with van der Waals surface area (Å²) in [6.07, 6.45) is 1.85.